The number of halogens is 3. The molecule has 0 aromatic heterocycles. The van der Waals surface area contributed by atoms with Gasteiger partial charge < -0.3 is 3.87 Å². The van der Waals surface area contributed by atoms with Gasteiger partial charge in [-0.3, -0.25) is 0 Å². The first-order chi connectivity index (χ1) is 14.6. The van der Waals surface area contributed by atoms with E-state index in [0.29, 0.717) is 0 Å². The fourth-order valence-electron chi connectivity index (χ4n) is 9.36. The molecule has 0 rings (SSSR count). The van der Waals surface area contributed by atoms with Gasteiger partial charge in [0.2, 0.25) is 8.08 Å². The standard InChI is InChI=1S/C25H54F3O3SSi3/c1-19(2,3)34(20(4,5)6,21(7,8)9)33(31-32(29,30)25(26,27)28)35(22(10,11)12,23(13,14)15)24(16,17)18/h1-18H3. The molecule has 0 N–H and O–H groups in total. The van der Waals surface area contributed by atoms with Crippen LogP contribution in [0.4, 0.5) is 13.2 Å². The van der Waals surface area contributed by atoms with Gasteiger partial charge in [0.25, 0.3) is 0 Å². The largest absolute Gasteiger partial charge is 0.522 e. The highest BCUT2D eigenvalue weighted by molar-refractivity contribution is 7.90. The van der Waals surface area contributed by atoms with Crippen molar-refractivity contribution in [2.45, 2.75) is 160 Å². The zero-order valence-electron chi connectivity index (χ0n) is 25.8. The van der Waals surface area contributed by atoms with Crippen molar-refractivity contribution < 1.29 is 25.5 Å². The van der Waals surface area contributed by atoms with Crippen molar-refractivity contribution in [3.8, 4) is 0 Å². The Balaban J connectivity index is 8.75. The Morgan fingerprint density at radius 1 is 0.486 bits per heavy atom. The highest BCUT2D eigenvalue weighted by Gasteiger charge is 2.78. The normalized spacial score (nSPS) is 16.7. The van der Waals surface area contributed by atoms with E-state index in [9.17, 15) is 21.6 Å². The molecule has 0 atom stereocenters. The topological polar surface area (TPSA) is 43.4 Å². The Labute approximate surface area is 218 Å². The lowest BCUT2D eigenvalue weighted by Crippen LogP contribution is -2.84. The third-order valence-electron chi connectivity index (χ3n) is 7.91. The summed E-state index contributed by atoms with van der Waals surface area (Å²) in [4.78, 5) is 0. The molecule has 35 heavy (non-hydrogen) atoms. The van der Waals surface area contributed by atoms with Crippen molar-refractivity contribution >= 4 is 33.4 Å². The Morgan fingerprint density at radius 2 is 0.657 bits per heavy atom. The molecule has 0 aliphatic carbocycles. The van der Waals surface area contributed by atoms with Crippen molar-refractivity contribution in [3.05, 3.63) is 0 Å². The van der Waals surface area contributed by atoms with Crippen LogP contribution in [0.2, 0.25) is 30.2 Å². The molecule has 0 amide bonds. The molecule has 0 fully saturated rings. The minimum absolute atomic E-state index is 0.432. The van der Waals surface area contributed by atoms with Crippen molar-refractivity contribution in [1.82, 2.24) is 0 Å². The summed E-state index contributed by atoms with van der Waals surface area (Å²) in [6.45, 7) is 37.9. The van der Waals surface area contributed by atoms with Crippen LogP contribution in [0.15, 0.2) is 0 Å². The first-order valence-corrected chi connectivity index (χ1v) is 21.3. The summed E-state index contributed by atoms with van der Waals surface area (Å²) in [5.41, 5.74) is -5.47. The van der Waals surface area contributed by atoms with Crippen molar-refractivity contribution in [2.24, 2.45) is 0 Å². The lowest BCUT2D eigenvalue weighted by Gasteiger charge is -2.70. The molecule has 0 aromatic rings. The highest BCUT2D eigenvalue weighted by atomic mass is 32.2. The molecule has 211 valence electrons. The molecule has 0 saturated heterocycles. The summed E-state index contributed by atoms with van der Waals surface area (Å²) in [7, 11) is -14.7. The van der Waals surface area contributed by atoms with E-state index in [-0.39, 0.29) is 0 Å². The maximum atomic E-state index is 14.1. The van der Waals surface area contributed by atoms with Crippen molar-refractivity contribution in [2.75, 3.05) is 0 Å². The van der Waals surface area contributed by atoms with Gasteiger partial charge in [-0.2, -0.15) is 21.6 Å². The molecule has 10 heteroatoms. The highest BCUT2D eigenvalue weighted by Crippen LogP contribution is 2.71. The van der Waals surface area contributed by atoms with E-state index in [0.717, 1.165) is 0 Å². The van der Waals surface area contributed by atoms with Gasteiger partial charge in [-0.1, -0.05) is 125 Å². The maximum Gasteiger partial charge on any atom is 0.522 e. The zero-order chi connectivity index (χ0) is 29.3. The predicted molar refractivity (Wildman–Crippen MR) is 152 cm³/mol. The molecule has 3 nitrogen and oxygen atoms in total. The fourth-order valence-corrected chi connectivity index (χ4v) is 73.2. The average molecular weight is 576 g/mol. The SMILES string of the molecule is CC(C)(C)[Si]([Si](OS(=O)(=O)C(F)(F)F)[Si](C(C)(C)C)(C(C)(C)C)C(C)(C)C)(C(C)(C)C)C(C)(C)C. The second kappa shape index (κ2) is 9.23. The lowest BCUT2D eigenvalue weighted by atomic mass is 10.2. The Kier molecular flexibility index (Phi) is 9.32. The lowest BCUT2D eigenvalue weighted by molar-refractivity contribution is -0.0500. The van der Waals surface area contributed by atoms with Crippen molar-refractivity contribution in [3.63, 3.8) is 0 Å². The van der Waals surface area contributed by atoms with Gasteiger partial charge in [-0.05, 0) is 30.2 Å². The molecule has 0 aliphatic heterocycles. The second-order valence-electron chi connectivity index (χ2n) is 16.3. The van der Waals surface area contributed by atoms with Crippen LogP contribution in [0.5, 0.6) is 0 Å². The van der Waals surface area contributed by atoms with Gasteiger partial charge in [0.05, 0.1) is 15.2 Å². The molecule has 0 spiro atoms. The molecule has 1 radical (unpaired) electrons. The maximum absolute atomic E-state index is 14.1. The van der Waals surface area contributed by atoms with E-state index in [4.69, 9.17) is 3.87 Å². The predicted octanol–water partition coefficient (Wildman–Crippen LogP) is 9.70. The smallest absolute Gasteiger partial charge is 0.316 e. The van der Waals surface area contributed by atoms with E-state index < -0.39 is 69.1 Å². The summed E-state index contributed by atoms with van der Waals surface area (Å²) < 4.78 is 74.3. The summed E-state index contributed by atoms with van der Waals surface area (Å²) in [6, 6.07) is 0. The number of rotatable bonds is 4. The second-order valence-corrected chi connectivity index (χ2v) is 39.7. The first-order valence-electron chi connectivity index (χ1n) is 12.5. The third-order valence-corrected chi connectivity index (χ3v) is 50.7. The summed E-state index contributed by atoms with van der Waals surface area (Å²) in [5.74, 6) is 0. The van der Waals surface area contributed by atoms with Gasteiger partial charge in [-0.25, -0.2) is 0 Å². The van der Waals surface area contributed by atoms with Gasteiger partial charge >= 0.3 is 15.6 Å². The Morgan fingerprint density at radius 3 is 0.771 bits per heavy atom. The van der Waals surface area contributed by atoms with Crippen molar-refractivity contribution in [1.29, 1.82) is 0 Å². The van der Waals surface area contributed by atoms with Gasteiger partial charge in [-0.15, -0.1) is 0 Å². The quantitative estimate of drug-likeness (QED) is 0.247. The van der Waals surface area contributed by atoms with E-state index in [1.807, 2.05) is 0 Å². The van der Waals surface area contributed by atoms with Crippen LogP contribution < -0.4 is 0 Å². The molecular formula is C25H54F3O3SSi3. The van der Waals surface area contributed by atoms with Crippen LogP contribution in [-0.4, -0.2) is 37.2 Å². The minimum Gasteiger partial charge on any atom is -0.316 e. The monoisotopic (exact) mass is 575 g/mol. The molecular weight excluding hydrogens is 522 g/mol. The average Bonchev–Trinajstić information content (AvgIpc) is 2.35. The van der Waals surface area contributed by atoms with Crippen LogP contribution in [-0.2, 0) is 14.0 Å². The number of hydrogen-bond donors (Lipinski definition) is 0. The van der Waals surface area contributed by atoms with Crippen LogP contribution in [0, 0.1) is 0 Å². The summed E-state index contributed by atoms with van der Waals surface area (Å²) in [6.07, 6.45) is 0. The van der Waals surface area contributed by atoms with Gasteiger partial charge in [0.15, 0.2) is 0 Å². The minimum atomic E-state index is -5.81. The zero-order valence-corrected chi connectivity index (χ0v) is 29.6. The van der Waals surface area contributed by atoms with Crippen LogP contribution >= 0.6 is 0 Å². The first kappa shape index (κ1) is 35.4. The summed E-state index contributed by atoms with van der Waals surface area (Å²) in [5, 5.41) is -2.59. The molecule has 0 saturated carbocycles. The Hall–Kier alpha value is 0.351. The van der Waals surface area contributed by atoms with E-state index in [2.05, 4.69) is 125 Å². The molecule has 0 aromatic carbocycles. The molecule has 0 aliphatic rings. The molecule has 0 unspecified atom stereocenters. The molecule has 0 bridgehead atoms. The number of alkyl halides is 3. The van der Waals surface area contributed by atoms with Gasteiger partial charge in [0, 0.05) is 0 Å². The van der Waals surface area contributed by atoms with Gasteiger partial charge in [0.1, 0.15) is 0 Å². The van der Waals surface area contributed by atoms with Crippen LogP contribution in [0.3, 0.4) is 0 Å². The third kappa shape index (κ3) is 5.57. The van der Waals surface area contributed by atoms with E-state index >= 15 is 0 Å². The fraction of sp³-hybridized carbons (Fsp3) is 1.00. The number of hydrogen-bond acceptors (Lipinski definition) is 3. The summed E-state index contributed by atoms with van der Waals surface area (Å²) >= 11 is 0. The van der Waals surface area contributed by atoms with E-state index in [1.165, 1.54) is 0 Å². The van der Waals surface area contributed by atoms with Crippen LogP contribution in [0.1, 0.15) is 125 Å². The van der Waals surface area contributed by atoms with Crippen LogP contribution in [0.25, 0.3) is 0 Å². The molecule has 0 heterocycles. The van der Waals surface area contributed by atoms with E-state index in [1.54, 1.807) is 0 Å². The Bertz CT molecular complexity index is 734.